The second kappa shape index (κ2) is 37.2. The fraction of sp³-hybridized carbons (Fsp3) is 0.766. The van der Waals surface area contributed by atoms with Crippen molar-refractivity contribution >= 4 is 17.9 Å². The van der Waals surface area contributed by atoms with E-state index in [9.17, 15) is 34.8 Å². The molecule has 1 aliphatic rings. The molecule has 58 heavy (non-hydrogen) atoms. The molecular formula is C47H80O11. The van der Waals surface area contributed by atoms with Crippen molar-refractivity contribution in [1.29, 1.82) is 0 Å². The van der Waals surface area contributed by atoms with Gasteiger partial charge in [0.25, 0.3) is 0 Å². The molecule has 6 unspecified atom stereocenters. The summed E-state index contributed by atoms with van der Waals surface area (Å²) in [5.74, 6) is -2.47. The smallest absolute Gasteiger partial charge is 0.335 e. The van der Waals surface area contributed by atoms with Crippen LogP contribution in [0.3, 0.4) is 0 Å². The second-order valence-corrected chi connectivity index (χ2v) is 15.5. The highest BCUT2D eigenvalue weighted by Crippen LogP contribution is 2.23. The number of allylic oxidation sites excluding steroid dienone is 8. The Labute approximate surface area is 350 Å². The number of carboxylic acids is 1. The lowest BCUT2D eigenvalue weighted by Crippen LogP contribution is -2.60. The molecule has 1 rings (SSSR count). The molecule has 1 heterocycles. The molecule has 1 aliphatic heterocycles. The number of hydrogen-bond acceptors (Lipinski definition) is 10. The highest BCUT2D eigenvalue weighted by Gasteiger charge is 2.47. The van der Waals surface area contributed by atoms with Gasteiger partial charge in [-0.15, -0.1) is 0 Å². The third-order valence-corrected chi connectivity index (χ3v) is 10.2. The second-order valence-electron chi connectivity index (χ2n) is 15.5. The van der Waals surface area contributed by atoms with Gasteiger partial charge in [0.2, 0.25) is 0 Å². The van der Waals surface area contributed by atoms with Crippen LogP contribution in [0.4, 0.5) is 0 Å². The zero-order chi connectivity index (χ0) is 42.5. The van der Waals surface area contributed by atoms with E-state index in [1.807, 2.05) is 0 Å². The van der Waals surface area contributed by atoms with E-state index in [0.29, 0.717) is 12.8 Å². The molecule has 4 N–H and O–H groups in total. The number of aliphatic hydroxyl groups excluding tert-OH is 3. The monoisotopic (exact) mass is 821 g/mol. The first-order valence-electron chi connectivity index (χ1n) is 22.7. The Hall–Kier alpha value is -2.83. The Morgan fingerprint density at radius 3 is 1.43 bits per heavy atom. The molecule has 11 nitrogen and oxygen atoms in total. The van der Waals surface area contributed by atoms with E-state index in [1.54, 1.807) is 0 Å². The summed E-state index contributed by atoms with van der Waals surface area (Å²) < 4.78 is 21.7. The maximum Gasteiger partial charge on any atom is 0.335 e. The van der Waals surface area contributed by atoms with Crippen LogP contribution in [0.2, 0.25) is 0 Å². The van der Waals surface area contributed by atoms with Gasteiger partial charge in [-0.3, -0.25) is 9.59 Å². The van der Waals surface area contributed by atoms with E-state index < -0.39 is 61.3 Å². The quantitative estimate of drug-likeness (QED) is 0.0267. The lowest BCUT2D eigenvalue weighted by molar-refractivity contribution is -0.298. The van der Waals surface area contributed by atoms with Gasteiger partial charge in [-0.2, -0.15) is 0 Å². The van der Waals surface area contributed by atoms with Crippen molar-refractivity contribution in [2.24, 2.45) is 0 Å². The van der Waals surface area contributed by atoms with Crippen LogP contribution in [0.1, 0.15) is 181 Å². The molecule has 0 aromatic rings. The summed E-state index contributed by atoms with van der Waals surface area (Å²) in [5, 5.41) is 39.8. The minimum atomic E-state index is -1.87. The minimum Gasteiger partial charge on any atom is -0.479 e. The molecule has 11 heteroatoms. The summed E-state index contributed by atoms with van der Waals surface area (Å²) in [6, 6.07) is 0. The first-order valence-corrected chi connectivity index (χ1v) is 22.7. The summed E-state index contributed by atoms with van der Waals surface area (Å²) in [5.41, 5.74) is 0. The maximum absolute atomic E-state index is 12.8. The number of carbonyl (C=O) groups is 3. The van der Waals surface area contributed by atoms with Crippen LogP contribution in [0.15, 0.2) is 48.6 Å². The van der Waals surface area contributed by atoms with Gasteiger partial charge < -0.3 is 39.4 Å². The topological polar surface area (TPSA) is 169 Å². The molecule has 1 saturated heterocycles. The van der Waals surface area contributed by atoms with Gasteiger partial charge >= 0.3 is 17.9 Å². The molecule has 0 radical (unpaired) electrons. The van der Waals surface area contributed by atoms with Crippen LogP contribution in [-0.4, -0.2) is 88.4 Å². The maximum atomic E-state index is 12.8. The number of aliphatic carboxylic acids is 1. The molecule has 0 aromatic heterocycles. The highest BCUT2D eigenvalue weighted by atomic mass is 16.7. The first kappa shape index (κ1) is 53.2. The standard InChI is InChI=1S/C47H80O11/c1-3-5-7-9-11-13-15-17-19-20-22-23-25-27-29-31-33-35-40(48)55-37-39(38-56-47-44(52)42(50)43(51)45(58-47)46(53)54)57-41(49)36-34-32-30-28-26-24-21-18-16-14-12-10-8-6-4-2/h11-14,17-19,21,39,42-45,47,50-52H,3-10,15-16,20,22-38H2,1-2H3,(H,53,54)/b13-11-,14-12-,19-17-,21-18-. The number of carboxylic acid groups (broad SMARTS) is 1. The van der Waals surface area contributed by atoms with Crippen molar-refractivity contribution < 1.29 is 53.8 Å². The molecule has 0 spiro atoms. The van der Waals surface area contributed by atoms with Crippen molar-refractivity contribution in [2.45, 2.75) is 218 Å². The van der Waals surface area contributed by atoms with Gasteiger partial charge in [0, 0.05) is 12.8 Å². The molecule has 0 aliphatic carbocycles. The molecule has 0 saturated carbocycles. The molecule has 0 bridgehead atoms. The zero-order valence-corrected chi connectivity index (χ0v) is 36.0. The fourth-order valence-corrected chi connectivity index (χ4v) is 6.53. The molecule has 6 atom stereocenters. The van der Waals surface area contributed by atoms with Crippen LogP contribution in [-0.2, 0) is 33.3 Å². The van der Waals surface area contributed by atoms with Crippen molar-refractivity contribution in [3.63, 3.8) is 0 Å². The van der Waals surface area contributed by atoms with Gasteiger partial charge in [0.05, 0.1) is 6.61 Å². The predicted molar refractivity (Wildman–Crippen MR) is 229 cm³/mol. The van der Waals surface area contributed by atoms with Crippen LogP contribution in [0.5, 0.6) is 0 Å². The number of unbranched alkanes of at least 4 members (excludes halogenated alkanes) is 18. The van der Waals surface area contributed by atoms with Crippen molar-refractivity contribution in [3.05, 3.63) is 48.6 Å². The van der Waals surface area contributed by atoms with Crippen molar-refractivity contribution in [1.82, 2.24) is 0 Å². The van der Waals surface area contributed by atoms with Crippen LogP contribution >= 0.6 is 0 Å². The Bertz CT molecular complexity index is 1150. The average molecular weight is 821 g/mol. The molecule has 0 aromatic carbocycles. The summed E-state index contributed by atoms with van der Waals surface area (Å²) >= 11 is 0. The molecular weight excluding hydrogens is 741 g/mol. The average Bonchev–Trinajstić information content (AvgIpc) is 3.21. The Kier molecular flexibility index (Phi) is 34.1. The van der Waals surface area contributed by atoms with Gasteiger partial charge in [-0.05, 0) is 77.0 Å². The minimum absolute atomic E-state index is 0.164. The molecule has 1 fully saturated rings. The predicted octanol–water partition coefficient (Wildman–Crippen LogP) is 9.76. The van der Waals surface area contributed by atoms with Gasteiger partial charge in [-0.25, -0.2) is 4.79 Å². The fourth-order valence-electron chi connectivity index (χ4n) is 6.53. The number of ether oxygens (including phenoxy) is 4. The third kappa shape index (κ3) is 28.6. The number of rotatable bonds is 37. The van der Waals surface area contributed by atoms with E-state index >= 15 is 0 Å². The summed E-state index contributed by atoms with van der Waals surface area (Å²) in [6.45, 7) is 3.74. The van der Waals surface area contributed by atoms with E-state index in [1.165, 1.54) is 64.2 Å². The summed E-state index contributed by atoms with van der Waals surface area (Å²) in [6.07, 6.45) is 34.4. The van der Waals surface area contributed by atoms with Crippen molar-refractivity contribution in [2.75, 3.05) is 13.2 Å². The number of aliphatic hydroxyl groups is 3. The largest absolute Gasteiger partial charge is 0.479 e. The SMILES string of the molecule is CCCCC/C=C\C/C=C\CCCCCCCCCC(=O)OCC(COC1OC(C(=O)O)C(O)C(O)C1O)OC(=O)CCCCCCC/C=C\C/C=C\CCCCC. The number of hydrogen-bond donors (Lipinski definition) is 4. The van der Waals surface area contributed by atoms with Crippen LogP contribution < -0.4 is 0 Å². The lowest BCUT2D eigenvalue weighted by Gasteiger charge is -2.38. The molecule has 0 amide bonds. The summed E-state index contributed by atoms with van der Waals surface area (Å²) in [7, 11) is 0. The number of carbonyl (C=O) groups excluding carboxylic acids is 2. The van der Waals surface area contributed by atoms with Crippen LogP contribution in [0.25, 0.3) is 0 Å². The normalized spacial score (nSPS) is 20.5. The van der Waals surface area contributed by atoms with E-state index in [0.717, 1.165) is 77.0 Å². The van der Waals surface area contributed by atoms with Gasteiger partial charge in [0.1, 0.15) is 24.9 Å². The van der Waals surface area contributed by atoms with Crippen molar-refractivity contribution in [3.8, 4) is 0 Å². The highest BCUT2D eigenvalue weighted by molar-refractivity contribution is 5.73. The van der Waals surface area contributed by atoms with Gasteiger partial charge in [-0.1, -0.05) is 140 Å². The molecule has 334 valence electrons. The summed E-state index contributed by atoms with van der Waals surface area (Å²) in [4.78, 5) is 36.8. The number of esters is 2. The Balaban J connectivity index is 2.38. The van der Waals surface area contributed by atoms with E-state index in [4.69, 9.17) is 18.9 Å². The van der Waals surface area contributed by atoms with E-state index in [2.05, 4.69) is 62.5 Å². The first-order chi connectivity index (χ1) is 28.2. The van der Waals surface area contributed by atoms with Gasteiger partial charge in [0.15, 0.2) is 18.5 Å². The Morgan fingerprint density at radius 2 is 0.966 bits per heavy atom. The van der Waals surface area contributed by atoms with Crippen LogP contribution in [0, 0.1) is 0 Å². The zero-order valence-electron chi connectivity index (χ0n) is 36.0. The van der Waals surface area contributed by atoms with E-state index in [-0.39, 0.29) is 19.4 Å². The Morgan fingerprint density at radius 1 is 0.534 bits per heavy atom. The lowest BCUT2D eigenvalue weighted by atomic mass is 9.99. The third-order valence-electron chi connectivity index (χ3n) is 10.2.